The fraction of sp³-hybridized carbons (Fsp3) is 0.700. The van der Waals surface area contributed by atoms with Crippen LogP contribution in [0.2, 0.25) is 0 Å². The quantitative estimate of drug-likeness (QED) is 0.617. The second kappa shape index (κ2) is 4.96. The fourth-order valence-electron chi connectivity index (χ4n) is 1.42. The van der Waals surface area contributed by atoms with Crippen LogP contribution >= 0.6 is 0 Å². The molecule has 16 heavy (non-hydrogen) atoms. The first-order chi connectivity index (χ1) is 7.45. The van der Waals surface area contributed by atoms with E-state index in [0.29, 0.717) is 11.7 Å². The van der Waals surface area contributed by atoms with Crippen LogP contribution < -0.4 is 5.32 Å². The van der Waals surface area contributed by atoms with Gasteiger partial charge in [-0.15, -0.1) is 5.10 Å². The van der Waals surface area contributed by atoms with Crippen molar-refractivity contribution in [3.8, 4) is 0 Å². The van der Waals surface area contributed by atoms with Crippen LogP contribution in [0.25, 0.3) is 0 Å². The van der Waals surface area contributed by atoms with E-state index in [1.807, 2.05) is 6.92 Å². The summed E-state index contributed by atoms with van der Waals surface area (Å²) in [5.41, 5.74) is 0.0256. The fourth-order valence-corrected chi connectivity index (χ4v) is 1.42. The average Bonchev–Trinajstić information content (AvgIpc) is 2.58. The molecule has 0 saturated heterocycles. The number of nitro groups is 1. The number of rotatable bonds is 5. The van der Waals surface area contributed by atoms with Gasteiger partial charge in [-0.25, -0.2) is 0 Å². The molecule has 1 aromatic rings. The normalized spacial score (nSPS) is 14.5. The molecule has 1 rings (SSSR count). The minimum atomic E-state index is -0.418. The molecule has 2 atom stereocenters. The van der Waals surface area contributed by atoms with E-state index in [9.17, 15) is 10.1 Å². The van der Waals surface area contributed by atoms with Gasteiger partial charge in [0.25, 0.3) is 0 Å². The van der Waals surface area contributed by atoms with Crippen molar-refractivity contribution in [1.82, 2.24) is 9.78 Å². The molecule has 0 aliphatic heterocycles. The zero-order valence-electron chi connectivity index (χ0n) is 10.1. The van der Waals surface area contributed by atoms with Crippen LogP contribution in [-0.4, -0.2) is 20.7 Å². The molecule has 0 radical (unpaired) electrons. The third-order valence-corrected chi connectivity index (χ3v) is 2.87. The molecule has 0 saturated carbocycles. The van der Waals surface area contributed by atoms with Crippen molar-refractivity contribution in [2.75, 3.05) is 5.32 Å². The van der Waals surface area contributed by atoms with Crippen molar-refractivity contribution in [2.24, 2.45) is 13.0 Å². The average molecular weight is 226 g/mol. The molecule has 2 unspecified atom stereocenters. The Balaban J connectivity index is 2.84. The highest BCUT2D eigenvalue weighted by atomic mass is 16.6. The van der Waals surface area contributed by atoms with E-state index in [1.54, 1.807) is 7.05 Å². The summed E-state index contributed by atoms with van der Waals surface area (Å²) in [5, 5.41) is 17.9. The highest BCUT2D eigenvalue weighted by Gasteiger charge is 2.21. The van der Waals surface area contributed by atoms with Crippen LogP contribution in [0.5, 0.6) is 0 Å². The molecule has 1 heterocycles. The first-order valence-corrected chi connectivity index (χ1v) is 5.40. The predicted molar refractivity (Wildman–Crippen MR) is 62.4 cm³/mol. The standard InChI is InChI=1S/C10H18N4O2/c1-5-7(2)8(3)11-10-9(14(15)16)6-13(4)12-10/h6-8H,5H2,1-4H3,(H,11,12). The number of hydrogen-bond acceptors (Lipinski definition) is 4. The molecule has 0 aliphatic carbocycles. The Bertz CT molecular complexity index is 375. The summed E-state index contributed by atoms with van der Waals surface area (Å²) < 4.78 is 1.45. The van der Waals surface area contributed by atoms with Gasteiger partial charge in [0.05, 0.1) is 4.92 Å². The molecule has 0 amide bonds. The van der Waals surface area contributed by atoms with Crippen molar-refractivity contribution < 1.29 is 4.92 Å². The van der Waals surface area contributed by atoms with Crippen LogP contribution in [0.1, 0.15) is 27.2 Å². The van der Waals surface area contributed by atoms with E-state index in [2.05, 4.69) is 24.3 Å². The van der Waals surface area contributed by atoms with Crippen molar-refractivity contribution in [2.45, 2.75) is 33.2 Å². The molecule has 0 spiro atoms. The maximum Gasteiger partial charge on any atom is 0.330 e. The summed E-state index contributed by atoms with van der Waals surface area (Å²) in [5.74, 6) is 0.793. The van der Waals surface area contributed by atoms with Gasteiger partial charge in [0.15, 0.2) is 0 Å². The summed E-state index contributed by atoms with van der Waals surface area (Å²) in [4.78, 5) is 10.4. The molecule has 1 N–H and O–H groups in total. The highest BCUT2D eigenvalue weighted by Crippen LogP contribution is 2.23. The van der Waals surface area contributed by atoms with Gasteiger partial charge in [-0.3, -0.25) is 14.8 Å². The van der Waals surface area contributed by atoms with E-state index < -0.39 is 4.92 Å². The third-order valence-electron chi connectivity index (χ3n) is 2.87. The number of hydrogen-bond donors (Lipinski definition) is 1. The van der Waals surface area contributed by atoms with Gasteiger partial charge < -0.3 is 5.32 Å². The monoisotopic (exact) mass is 226 g/mol. The maximum atomic E-state index is 10.8. The number of nitrogens with zero attached hydrogens (tertiary/aromatic N) is 3. The first kappa shape index (κ1) is 12.5. The van der Waals surface area contributed by atoms with Crippen LogP contribution in [0.4, 0.5) is 11.5 Å². The molecule has 90 valence electrons. The van der Waals surface area contributed by atoms with E-state index in [-0.39, 0.29) is 11.7 Å². The van der Waals surface area contributed by atoms with E-state index in [0.717, 1.165) is 6.42 Å². The highest BCUT2D eigenvalue weighted by molar-refractivity contribution is 5.55. The summed E-state index contributed by atoms with van der Waals surface area (Å²) in [6.45, 7) is 6.20. The van der Waals surface area contributed by atoms with E-state index in [1.165, 1.54) is 10.9 Å². The number of nitrogens with one attached hydrogen (secondary N) is 1. The molecule has 0 bridgehead atoms. The Morgan fingerprint density at radius 3 is 2.75 bits per heavy atom. The van der Waals surface area contributed by atoms with Crippen molar-refractivity contribution in [1.29, 1.82) is 0 Å². The Hall–Kier alpha value is -1.59. The zero-order valence-corrected chi connectivity index (χ0v) is 10.1. The van der Waals surface area contributed by atoms with Gasteiger partial charge in [0.1, 0.15) is 6.20 Å². The Morgan fingerprint density at radius 1 is 1.62 bits per heavy atom. The number of aromatic nitrogens is 2. The molecule has 6 heteroatoms. The summed E-state index contributed by atoms with van der Waals surface area (Å²) >= 11 is 0. The second-order valence-corrected chi connectivity index (χ2v) is 4.11. The van der Waals surface area contributed by atoms with Crippen LogP contribution in [0.3, 0.4) is 0 Å². The van der Waals surface area contributed by atoms with Gasteiger partial charge in [0.2, 0.25) is 5.82 Å². The molecular formula is C10H18N4O2. The van der Waals surface area contributed by atoms with Crippen LogP contribution in [-0.2, 0) is 7.05 Å². The lowest BCUT2D eigenvalue weighted by molar-refractivity contribution is -0.384. The second-order valence-electron chi connectivity index (χ2n) is 4.11. The maximum absolute atomic E-state index is 10.8. The molecule has 0 aliphatic rings. The SMILES string of the molecule is CCC(C)C(C)Nc1nn(C)cc1[N+](=O)[O-]. The first-order valence-electron chi connectivity index (χ1n) is 5.40. The van der Waals surface area contributed by atoms with Gasteiger partial charge in [0, 0.05) is 13.1 Å². The molecule has 6 nitrogen and oxygen atoms in total. The van der Waals surface area contributed by atoms with E-state index in [4.69, 9.17) is 0 Å². The number of aryl methyl sites for hydroxylation is 1. The molecule has 1 aromatic heterocycles. The van der Waals surface area contributed by atoms with Crippen molar-refractivity contribution >= 4 is 11.5 Å². The molecule has 0 aromatic carbocycles. The van der Waals surface area contributed by atoms with Gasteiger partial charge in [-0.05, 0) is 12.8 Å². The smallest absolute Gasteiger partial charge is 0.330 e. The van der Waals surface area contributed by atoms with Crippen molar-refractivity contribution in [3.63, 3.8) is 0 Å². The van der Waals surface area contributed by atoms with E-state index >= 15 is 0 Å². The topological polar surface area (TPSA) is 73.0 Å². The van der Waals surface area contributed by atoms with Crippen molar-refractivity contribution in [3.05, 3.63) is 16.3 Å². The summed E-state index contributed by atoms with van der Waals surface area (Å²) in [6.07, 6.45) is 2.43. The zero-order chi connectivity index (χ0) is 12.3. The number of anilines is 1. The van der Waals surface area contributed by atoms with Gasteiger partial charge >= 0.3 is 5.69 Å². The lowest BCUT2D eigenvalue weighted by Crippen LogP contribution is -2.23. The Morgan fingerprint density at radius 2 is 2.25 bits per heavy atom. The summed E-state index contributed by atoms with van der Waals surface area (Å²) in [7, 11) is 1.67. The van der Waals surface area contributed by atoms with Crippen LogP contribution in [0, 0.1) is 16.0 Å². The third kappa shape index (κ3) is 2.71. The lowest BCUT2D eigenvalue weighted by atomic mass is 10.0. The summed E-state index contributed by atoms with van der Waals surface area (Å²) in [6, 6.07) is 0.165. The van der Waals surface area contributed by atoms with Gasteiger partial charge in [-0.2, -0.15) is 0 Å². The minimum absolute atomic E-state index is 0.0256. The molecule has 0 fully saturated rings. The Kier molecular flexibility index (Phi) is 3.87. The van der Waals surface area contributed by atoms with Crippen LogP contribution in [0.15, 0.2) is 6.20 Å². The predicted octanol–water partition coefficient (Wildman–Crippen LogP) is 2.17. The molecular weight excluding hydrogens is 208 g/mol. The Labute approximate surface area is 94.8 Å². The lowest BCUT2D eigenvalue weighted by Gasteiger charge is -2.18. The minimum Gasteiger partial charge on any atom is -0.360 e. The van der Waals surface area contributed by atoms with Gasteiger partial charge in [-0.1, -0.05) is 20.3 Å². The largest absolute Gasteiger partial charge is 0.360 e.